The molecule has 3 rings (SSSR count). The first-order chi connectivity index (χ1) is 11.5. The van der Waals surface area contributed by atoms with Gasteiger partial charge in [0.1, 0.15) is 17.4 Å². The minimum absolute atomic E-state index is 0.00806. The number of hydrogen-bond acceptors (Lipinski definition) is 8. The molecule has 2 aromatic rings. The van der Waals surface area contributed by atoms with Gasteiger partial charge in [-0.1, -0.05) is 6.07 Å². The third-order valence-electron chi connectivity index (χ3n) is 3.75. The highest BCUT2D eigenvalue weighted by molar-refractivity contribution is 5.54. The van der Waals surface area contributed by atoms with Crippen LogP contribution in [-0.4, -0.2) is 35.3 Å². The lowest BCUT2D eigenvalue weighted by atomic mass is 9.91. The SMILES string of the molecule is COc1cccc(OC)c1[C@@H]1c2c(nc(N)[nH]c2=O)O[C@H]1[N+](=O)[O-]. The van der Waals surface area contributed by atoms with E-state index < -0.39 is 22.6 Å². The van der Waals surface area contributed by atoms with Gasteiger partial charge in [0.2, 0.25) is 11.8 Å². The highest BCUT2D eigenvalue weighted by Gasteiger charge is 2.49. The van der Waals surface area contributed by atoms with Gasteiger partial charge < -0.3 is 19.9 Å². The predicted octanol–water partition coefficient (Wildman–Crippen LogP) is 0.496. The number of nitrogen functional groups attached to an aromatic ring is 1. The van der Waals surface area contributed by atoms with Gasteiger partial charge >= 0.3 is 6.23 Å². The van der Waals surface area contributed by atoms with Crippen LogP contribution in [0.1, 0.15) is 17.0 Å². The smallest absolute Gasteiger partial charge is 0.366 e. The fourth-order valence-electron chi connectivity index (χ4n) is 2.81. The summed E-state index contributed by atoms with van der Waals surface area (Å²) >= 11 is 0. The molecule has 24 heavy (non-hydrogen) atoms. The van der Waals surface area contributed by atoms with Crippen LogP contribution in [-0.2, 0) is 0 Å². The number of aromatic nitrogens is 2. The minimum Gasteiger partial charge on any atom is -0.496 e. The summed E-state index contributed by atoms with van der Waals surface area (Å²) in [6.45, 7) is 0. The maximum absolute atomic E-state index is 12.3. The second-order valence-electron chi connectivity index (χ2n) is 5.02. The lowest BCUT2D eigenvalue weighted by Crippen LogP contribution is -2.30. The molecule has 0 saturated carbocycles. The van der Waals surface area contributed by atoms with Gasteiger partial charge in [-0.25, -0.2) is 0 Å². The summed E-state index contributed by atoms with van der Waals surface area (Å²) < 4.78 is 15.9. The molecule has 3 N–H and O–H groups in total. The molecular formula is C14H14N4O6. The molecular weight excluding hydrogens is 320 g/mol. The number of aromatic amines is 1. The predicted molar refractivity (Wildman–Crippen MR) is 82.1 cm³/mol. The molecule has 0 saturated heterocycles. The number of anilines is 1. The van der Waals surface area contributed by atoms with Crippen LogP contribution in [0.5, 0.6) is 17.4 Å². The molecule has 0 amide bonds. The van der Waals surface area contributed by atoms with E-state index in [4.69, 9.17) is 19.9 Å². The first-order valence-electron chi connectivity index (χ1n) is 6.88. The van der Waals surface area contributed by atoms with Crippen molar-refractivity contribution in [1.29, 1.82) is 0 Å². The Hall–Kier alpha value is -3.30. The summed E-state index contributed by atoms with van der Waals surface area (Å²) in [6, 6.07) is 4.90. The molecule has 0 fully saturated rings. The summed E-state index contributed by atoms with van der Waals surface area (Å²) in [4.78, 5) is 29.3. The Labute approximate surface area is 135 Å². The van der Waals surface area contributed by atoms with E-state index in [2.05, 4.69) is 9.97 Å². The van der Waals surface area contributed by atoms with Gasteiger partial charge in [-0.15, -0.1) is 0 Å². The lowest BCUT2D eigenvalue weighted by Gasteiger charge is -2.18. The third-order valence-corrected chi connectivity index (χ3v) is 3.75. The van der Waals surface area contributed by atoms with Gasteiger partial charge in [-0.2, -0.15) is 4.98 Å². The van der Waals surface area contributed by atoms with Gasteiger partial charge in [-0.05, 0) is 12.1 Å². The zero-order valence-electron chi connectivity index (χ0n) is 12.8. The molecule has 0 radical (unpaired) electrons. The number of nitro groups is 1. The average Bonchev–Trinajstić information content (AvgIpc) is 2.93. The van der Waals surface area contributed by atoms with Crippen molar-refractivity contribution in [3.05, 3.63) is 49.8 Å². The second kappa shape index (κ2) is 5.72. The molecule has 1 aliphatic heterocycles. The van der Waals surface area contributed by atoms with Crippen molar-refractivity contribution < 1.29 is 19.1 Å². The Balaban J connectivity index is 2.31. The number of hydrogen-bond donors (Lipinski definition) is 2. The molecule has 1 aromatic carbocycles. The Kier molecular flexibility index (Phi) is 3.72. The Morgan fingerprint density at radius 1 is 1.29 bits per heavy atom. The molecule has 0 bridgehead atoms. The number of nitrogens with one attached hydrogen (secondary N) is 1. The topological polar surface area (TPSA) is 143 Å². The Bertz CT molecular complexity index is 843. The van der Waals surface area contributed by atoms with Crippen molar-refractivity contribution in [1.82, 2.24) is 9.97 Å². The number of methoxy groups -OCH3 is 2. The molecule has 0 aliphatic carbocycles. The van der Waals surface area contributed by atoms with Crippen molar-refractivity contribution in [2.45, 2.75) is 12.1 Å². The van der Waals surface area contributed by atoms with Crippen LogP contribution in [0.2, 0.25) is 0 Å². The van der Waals surface area contributed by atoms with E-state index in [1.807, 2.05) is 0 Å². The first-order valence-corrected chi connectivity index (χ1v) is 6.88. The number of H-pyrrole nitrogens is 1. The van der Waals surface area contributed by atoms with Crippen molar-refractivity contribution in [3.8, 4) is 17.4 Å². The fraction of sp³-hybridized carbons (Fsp3) is 0.286. The molecule has 0 spiro atoms. The zero-order valence-corrected chi connectivity index (χ0v) is 12.8. The van der Waals surface area contributed by atoms with E-state index >= 15 is 0 Å². The van der Waals surface area contributed by atoms with Crippen LogP contribution in [0, 0.1) is 10.1 Å². The van der Waals surface area contributed by atoms with Crippen LogP contribution < -0.4 is 25.5 Å². The number of rotatable bonds is 4. The van der Waals surface area contributed by atoms with Crippen molar-refractivity contribution in [2.24, 2.45) is 0 Å². The largest absolute Gasteiger partial charge is 0.496 e. The molecule has 10 heteroatoms. The zero-order chi connectivity index (χ0) is 17.4. The monoisotopic (exact) mass is 334 g/mol. The molecule has 2 atom stereocenters. The van der Waals surface area contributed by atoms with E-state index in [1.165, 1.54) is 14.2 Å². The highest BCUT2D eigenvalue weighted by Crippen LogP contribution is 2.46. The number of benzene rings is 1. The number of fused-ring (bicyclic) bond motifs is 1. The lowest BCUT2D eigenvalue weighted by molar-refractivity contribution is -0.562. The molecule has 0 unspecified atom stereocenters. The van der Waals surface area contributed by atoms with Gasteiger partial charge in [0.05, 0.1) is 30.3 Å². The number of nitrogens with two attached hydrogens (primary N) is 1. The normalized spacial score (nSPS) is 18.6. The molecule has 126 valence electrons. The van der Waals surface area contributed by atoms with Gasteiger partial charge in [-0.3, -0.25) is 19.9 Å². The summed E-state index contributed by atoms with van der Waals surface area (Å²) in [6.07, 6.45) is -1.56. The number of ether oxygens (including phenoxy) is 3. The van der Waals surface area contributed by atoms with Crippen LogP contribution in [0.4, 0.5) is 5.95 Å². The first kappa shape index (κ1) is 15.6. The van der Waals surface area contributed by atoms with Crippen molar-refractivity contribution in [2.75, 3.05) is 20.0 Å². The summed E-state index contributed by atoms with van der Waals surface area (Å²) in [5.74, 6) is -0.750. The van der Waals surface area contributed by atoms with E-state index in [1.54, 1.807) is 18.2 Å². The van der Waals surface area contributed by atoms with Crippen LogP contribution >= 0.6 is 0 Å². The van der Waals surface area contributed by atoms with Crippen LogP contribution in [0.25, 0.3) is 0 Å². The molecule has 10 nitrogen and oxygen atoms in total. The highest BCUT2D eigenvalue weighted by atomic mass is 16.7. The van der Waals surface area contributed by atoms with Crippen molar-refractivity contribution >= 4 is 5.95 Å². The number of nitrogens with zero attached hydrogens (tertiary/aromatic N) is 2. The molecule has 2 heterocycles. The summed E-state index contributed by atoms with van der Waals surface area (Å²) in [5.41, 5.74) is 5.21. The minimum atomic E-state index is -1.56. The maximum atomic E-state index is 12.3. The van der Waals surface area contributed by atoms with E-state index in [9.17, 15) is 14.9 Å². The second-order valence-corrected chi connectivity index (χ2v) is 5.02. The maximum Gasteiger partial charge on any atom is 0.366 e. The van der Waals surface area contributed by atoms with Gasteiger partial charge in [0.15, 0.2) is 0 Å². The standard InChI is InChI=1S/C14H14N4O6/c1-22-6-4-3-5-7(23-2)8(6)9-10-11(19)16-14(15)17-12(10)24-13(9)18(20)21/h3-5,9,13H,1-2H3,(H3,15,16,17,19)/t9-,13-/m1/s1. The van der Waals surface area contributed by atoms with Gasteiger partial charge in [0.25, 0.3) is 5.56 Å². The van der Waals surface area contributed by atoms with Crippen LogP contribution in [0.3, 0.4) is 0 Å². The van der Waals surface area contributed by atoms with Crippen molar-refractivity contribution in [3.63, 3.8) is 0 Å². The molecule has 1 aromatic heterocycles. The summed E-state index contributed by atoms with van der Waals surface area (Å²) in [7, 11) is 2.84. The van der Waals surface area contributed by atoms with E-state index in [0.29, 0.717) is 17.1 Å². The van der Waals surface area contributed by atoms with Gasteiger partial charge in [0, 0.05) is 0 Å². The van der Waals surface area contributed by atoms with E-state index in [-0.39, 0.29) is 17.4 Å². The Morgan fingerprint density at radius 3 is 2.46 bits per heavy atom. The quantitative estimate of drug-likeness (QED) is 0.607. The van der Waals surface area contributed by atoms with Crippen LogP contribution in [0.15, 0.2) is 23.0 Å². The Morgan fingerprint density at radius 2 is 1.92 bits per heavy atom. The summed E-state index contributed by atoms with van der Waals surface area (Å²) in [5, 5.41) is 11.5. The van der Waals surface area contributed by atoms with E-state index in [0.717, 1.165) is 0 Å². The molecule has 1 aliphatic rings. The average molecular weight is 334 g/mol. The fourth-order valence-corrected chi connectivity index (χ4v) is 2.81. The third kappa shape index (κ3) is 2.28.